The van der Waals surface area contributed by atoms with E-state index in [1.165, 1.54) is 0 Å². The van der Waals surface area contributed by atoms with Crippen molar-refractivity contribution in [3.63, 3.8) is 0 Å². The number of hydrogen-bond acceptors (Lipinski definition) is 5. The molecular formula is C19H22N6O. The highest BCUT2D eigenvalue weighted by Gasteiger charge is 2.13. The summed E-state index contributed by atoms with van der Waals surface area (Å²) in [6.45, 7) is 4.05. The quantitative estimate of drug-likeness (QED) is 0.677. The minimum absolute atomic E-state index is 0.0522. The van der Waals surface area contributed by atoms with E-state index in [-0.39, 0.29) is 11.8 Å². The summed E-state index contributed by atoms with van der Waals surface area (Å²) in [5.74, 6) is 1.40. The van der Waals surface area contributed by atoms with Gasteiger partial charge in [-0.15, -0.1) is 10.2 Å². The van der Waals surface area contributed by atoms with E-state index in [1.807, 2.05) is 62.5 Å². The lowest BCUT2D eigenvalue weighted by atomic mass is 10.0. The molecule has 0 bridgehead atoms. The molecule has 134 valence electrons. The molecule has 2 heterocycles. The minimum Gasteiger partial charge on any atom is -0.339 e. The summed E-state index contributed by atoms with van der Waals surface area (Å²) < 4.78 is 1.65. The smallest absolute Gasteiger partial charge is 0.227 e. The van der Waals surface area contributed by atoms with Crippen LogP contribution in [-0.4, -0.2) is 25.9 Å². The van der Waals surface area contributed by atoms with Gasteiger partial charge in [-0.2, -0.15) is 5.10 Å². The third-order valence-corrected chi connectivity index (χ3v) is 4.17. The summed E-state index contributed by atoms with van der Waals surface area (Å²) in [6, 6.07) is 13.0. The van der Waals surface area contributed by atoms with Crippen LogP contribution in [0.25, 0.3) is 5.82 Å². The Morgan fingerprint density at radius 2 is 1.77 bits per heavy atom. The number of rotatable bonds is 7. The number of amides is 1. The number of carbonyl (C=O) groups excluding carboxylic acids is 1. The van der Waals surface area contributed by atoms with E-state index in [0.29, 0.717) is 11.6 Å². The van der Waals surface area contributed by atoms with Gasteiger partial charge in [-0.3, -0.25) is 4.79 Å². The average Bonchev–Trinajstić information content (AvgIpc) is 3.20. The minimum atomic E-state index is 0.0522. The number of carbonyl (C=O) groups is 1. The molecule has 3 rings (SSSR count). The predicted molar refractivity (Wildman–Crippen MR) is 102 cm³/mol. The first-order valence-electron chi connectivity index (χ1n) is 8.71. The van der Waals surface area contributed by atoms with E-state index in [4.69, 9.17) is 0 Å². The molecule has 0 aliphatic heterocycles. The highest BCUT2D eigenvalue weighted by atomic mass is 16.1. The van der Waals surface area contributed by atoms with Crippen LogP contribution in [0, 0.1) is 5.92 Å². The van der Waals surface area contributed by atoms with Crippen molar-refractivity contribution >= 4 is 23.1 Å². The van der Waals surface area contributed by atoms with Crippen molar-refractivity contribution in [2.45, 2.75) is 26.7 Å². The summed E-state index contributed by atoms with van der Waals surface area (Å²) in [4.78, 5) is 12.1. The fraction of sp³-hybridized carbons (Fsp3) is 0.263. The second kappa shape index (κ2) is 8.24. The maximum Gasteiger partial charge on any atom is 0.227 e. The summed E-state index contributed by atoms with van der Waals surface area (Å²) in [5.41, 5.74) is 1.65. The normalized spacial score (nSPS) is 10.7. The maximum atomic E-state index is 12.1. The first-order chi connectivity index (χ1) is 12.7. The van der Waals surface area contributed by atoms with Gasteiger partial charge in [0.15, 0.2) is 11.6 Å². The number of benzene rings is 1. The van der Waals surface area contributed by atoms with Gasteiger partial charge < -0.3 is 10.6 Å². The van der Waals surface area contributed by atoms with Crippen molar-refractivity contribution in [2.75, 3.05) is 10.6 Å². The molecule has 0 fully saturated rings. The van der Waals surface area contributed by atoms with Crippen molar-refractivity contribution in [3.05, 3.63) is 54.9 Å². The second-order valence-corrected chi connectivity index (χ2v) is 5.93. The number of anilines is 3. The lowest BCUT2D eigenvalue weighted by molar-refractivity contribution is -0.120. The Morgan fingerprint density at radius 3 is 2.35 bits per heavy atom. The molecule has 0 spiro atoms. The van der Waals surface area contributed by atoms with Crippen LogP contribution in [0.2, 0.25) is 0 Å². The Balaban J connectivity index is 1.61. The number of aromatic nitrogens is 4. The Morgan fingerprint density at radius 1 is 1.04 bits per heavy atom. The van der Waals surface area contributed by atoms with Crippen LogP contribution in [0.4, 0.5) is 17.2 Å². The third-order valence-electron chi connectivity index (χ3n) is 4.17. The zero-order chi connectivity index (χ0) is 18.4. The topological polar surface area (TPSA) is 84.7 Å². The van der Waals surface area contributed by atoms with Crippen molar-refractivity contribution in [3.8, 4) is 5.82 Å². The van der Waals surface area contributed by atoms with Crippen LogP contribution < -0.4 is 10.6 Å². The fourth-order valence-corrected chi connectivity index (χ4v) is 2.61. The summed E-state index contributed by atoms with van der Waals surface area (Å²) in [6.07, 6.45) is 5.19. The zero-order valence-electron chi connectivity index (χ0n) is 14.9. The first kappa shape index (κ1) is 17.6. The molecule has 0 radical (unpaired) electrons. The van der Waals surface area contributed by atoms with Gasteiger partial charge >= 0.3 is 0 Å². The van der Waals surface area contributed by atoms with E-state index in [1.54, 1.807) is 10.9 Å². The lowest BCUT2D eigenvalue weighted by Crippen LogP contribution is -2.21. The Kier molecular flexibility index (Phi) is 5.58. The summed E-state index contributed by atoms with van der Waals surface area (Å²) >= 11 is 0. The molecule has 26 heavy (non-hydrogen) atoms. The first-order valence-corrected chi connectivity index (χ1v) is 8.71. The van der Waals surface area contributed by atoms with Crippen LogP contribution in [0.3, 0.4) is 0 Å². The Labute approximate surface area is 152 Å². The van der Waals surface area contributed by atoms with Gasteiger partial charge in [-0.1, -0.05) is 13.8 Å². The third kappa shape index (κ3) is 4.24. The molecule has 2 aromatic heterocycles. The van der Waals surface area contributed by atoms with Crippen molar-refractivity contribution in [1.29, 1.82) is 0 Å². The molecule has 2 N–H and O–H groups in total. The molecule has 0 saturated heterocycles. The van der Waals surface area contributed by atoms with Gasteiger partial charge in [0.05, 0.1) is 0 Å². The van der Waals surface area contributed by atoms with E-state index in [9.17, 15) is 4.79 Å². The van der Waals surface area contributed by atoms with Crippen molar-refractivity contribution < 1.29 is 4.79 Å². The predicted octanol–water partition coefficient (Wildman–Crippen LogP) is 3.78. The summed E-state index contributed by atoms with van der Waals surface area (Å²) in [7, 11) is 0. The average molecular weight is 350 g/mol. The monoisotopic (exact) mass is 350 g/mol. The molecule has 1 aromatic carbocycles. The van der Waals surface area contributed by atoms with E-state index >= 15 is 0 Å². The molecule has 1 amide bonds. The Bertz CT molecular complexity index is 823. The molecule has 3 aromatic rings. The Hall–Kier alpha value is -3.22. The van der Waals surface area contributed by atoms with Gasteiger partial charge in [0.1, 0.15) is 0 Å². The SMILES string of the molecule is CCC(CC)C(=O)Nc1ccc(Nc2ccc(-n3cccn3)nn2)cc1. The van der Waals surface area contributed by atoms with Crippen LogP contribution in [-0.2, 0) is 4.79 Å². The molecule has 7 heteroatoms. The van der Waals surface area contributed by atoms with E-state index in [2.05, 4.69) is 25.9 Å². The molecule has 7 nitrogen and oxygen atoms in total. The van der Waals surface area contributed by atoms with Gasteiger partial charge in [0.2, 0.25) is 5.91 Å². The maximum absolute atomic E-state index is 12.1. The number of nitrogens with one attached hydrogen (secondary N) is 2. The van der Waals surface area contributed by atoms with Crippen LogP contribution in [0.15, 0.2) is 54.9 Å². The van der Waals surface area contributed by atoms with Gasteiger partial charge in [0.25, 0.3) is 0 Å². The highest BCUT2D eigenvalue weighted by molar-refractivity contribution is 5.92. The number of hydrogen-bond donors (Lipinski definition) is 2. The zero-order valence-corrected chi connectivity index (χ0v) is 14.9. The van der Waals surface area contributed by atoms with Crippen molar-refractivity contribution in [1.82, 2.24) is 20.0 Å². The van der Waals surface area contributed by atoms with Crippen LogP contribution in [0.1, 0.15) is 26.7 Å². The largest absolute Gasteiger partial charge is 0.339 e. The second-order valence-electron chi connectivity index (χ2n) is 5.93. The lowest BCUT2D eigenvalue weighted by Gasteiger charge is -2.13. The fourth-order valence-electron chi connectivity index (χ4n) is 2.61. The molecule has 0 saturated carbocycles. The molecule has 0 aliphatic rings. The van der Waals surface area contributed by atoms with E-state index < -0.39 is 0 Å². The molecule has 0 aliphatic carbocycles. The summed E-state index contributed by atoms with van der Waals surface area (Å²) in [5, 5.41) is 18.6. The van der Waals surface area contributed by atoms with Gasteiger partial charge in [0, 0.05) is 29.7 Å². The van der Waals surface area contributed by atoms with E-state index in [0.717, 1.165) is 24.2 Å². The molecule has 0 unspecified atom stereocenters. The standard InChI is InChI=1S/C19H22N6O/c1-3-14(4-2)19(26)22-16-8-6-15(7-9-16)21-17-10-11-18(24-23-17)25-13-5-12-20-25/h5-14H,3-4H2,1-2H3,(H,21,23)(H,22,26). The highest BCUT2D eigenvalue weighted by Crippen LogP contribution is 2.19. The van der Waals surface area contributed by atoms with Gasteiger partial charge in [-0.25, -0.2) is 4.68 Å². The molecule has 0 atom stereocenters. The molecular weight excluding hydrogens is 328 g/mol. The number of nitrogens with zero attached hydrogens (tertiary/aromatic N) is 4. The van der Waals surface area contributed by atoms with Crippen LogP contribution in [0.5, 0.6) is 0 Å². The van der Waals surface area contributed by atoms with Crippen molar-refractivity contribution in [2.24, 2.45) is 5.92 Å². The van der Waals surface area contributed by atoms with Crippen LogP contribution >= 0.6 is 0 Å². The van der Waals surface area contributed by atoms with Gasteiger partial charge in [-0.05, 0) is 55.3 Å².